The molecule has 0 amide bonds. The Morgan fingerprint density at radius 1 is 1.18 bits per heavy atom. The van der Waals surface area contributed by atoms with Crippen molar-refractivity contribution >= 4 is 0 Å². The summed E-state index contributed by atoms with van der Waals surface area (Å²) in [6.07, 6.45) is 0. The van der Waals surface area contributed by atoms with Gasteiger partial charge in [0, 0.05) is 12.0 Å². The van der Waals surface area contributed by atoms with Crippen LogP contribution in [0.4, 0.5) is 0 Å². The summed E-state index contributed by atoms with van der Waals surface area (Å²) in [5, 5.41) is 3.41. The molecule has 96 valence electrons. The summed E-state index contributed by atoms with van der Waals surface area (Å²) in [6.45, 7) is 9.51. The predicted octanol–water partition coefficient (Wildman–Crippen LogP) is 3.43. The summed E-state index contributed by atoms with van der Waals surface area (Å²) >= 11 is 0. The SMILES string of the molecule is CCOc1ccccc1C(C)C(NC)C(C)C. The summed E-state index contributed by atoms with van der Waals surface area (Å²) in [5.74, 6) is 2.07. The molecule has 2 nitrogen and oxygen atoms in total. The minimum Gasteiger partial charge on any atom is -0.494 e. The van der Waals surface area contributed by atoms with Crippen LogP contribution < -0.4 is 10.1 Å². The quantitative estimate of drug-likeness (QED) is 0.815. The first-order chi connectivity index (χ1) is 8.11. The van der Waals surface area contributed by atoms with E-state index in [1.165, 1.54) is 5.56 Å². The number of hydrogen-bond acceptors (Lipinski definition) is 2. The maximum Gasteiger partial charge on any atom is 0.122 e. The summed E-state index contributed by atoms with van der Waals surface area (Å²) in [6, 6.07) is 8.81. The number of nitrogens with one attached hydrogen (secondary N) is 1. The van der Waals surface area contributed by atoms with Gasteiger partial charge in [-0.25, -0.2) is 0 Å². The van der Waals surface area contributed by atoms with Crippen molar-refractivity contribution in [2.24, 2.45) is 5.92 Å². The van der Waals surface area contributed by atoms with Crippen LogP contribution in [0.1, 0.15) is 39.2 Å². The fourth-order valence-electron chi connectivity index (χ4n) is 2.50. The molecule has 0 saturated carbocycles. The van der Waals surface area contributed by atoms with Crippen LogP contribution in [0.25, 0.3) is 0 Å². The van der Waals surface area contributed by atoms with Gasteiger partial charge in [-0.3, -0.25) is 0 Å². The molecule has 1 aromatic rings. The first kappa shape index (κ1) is 14.0. The van der Waals surface area contributed by atoms with E-state index in [0.29, 0.717) is 17.9 Å². The third-order valence-electron chi connectivity index (χ3n) is 3.30. The molecule has 0 bridgehead atoms. The second kappa shape index (κ2) is 6.65. The second-order valence-electron chi connectivity index (χ2n) is 4.82. The Morgan fingerprint density at radius 3 is 2.35 bits per heavy atom. The summed E-state index contributed by atoms with van der Waals surface area (Å²) in [4.78, 5) is 0. The topological polar surface area (TPSA) is 21.3 Å². The van der Waals surface area contributed by atoms with Gasteiger partial charge in [-0.05, 0) is 31.5 Å². The Labute approximate surface area is 105 Å². The lowest BCUT2D eigenvalue weighted by atomic mass is 9.86. The fourth-order valence-corrected chi connectivity index (χ4v) is 2.50. The molecule has 0 aromatic heterocycles. The van der Waals surface area contributed by atoms with Gasteiger partial charge in [0.1, 0.15) is 5.75 Å². The third kappa shape index (κ3) is 3.47. The zero-order valence-electron chi connectivity index (χ0n) is 11.7. The Bertz CT molecular complexity index is 335. The molecule has 0 saturated heterocycles. The van der Waals surface area contributed by atoms with Gasteiger partial charge in [-0.2, -0.15) is 0 Å². The fraction of sp³-hybridized carbons (Fsp3) is 0.600. The zero-order valence-corrected chi connectivity index (χ0v) is 11.7. The van der Waals surface area contributed by atoms with Gasteiger partial charge in [-0.15, -0.1) is 0 Å². The average molecular weight is 235 g/mol. The van der Waals surface area contributed by atoms with Crippen molar-refractivity contribution in [1.82, 2.24) is 5.32 Å². The van der Waals surface area contributed by atoms with Crippen LogP contribution >= 0.6 is 0 Å². The monoisotopic (exact) mass is 235 g/mol. The van der Waals surface area contributed by atoms with Crippen LogP contribution in [0.5, 0.6) is 5.75 Å². The third-order valence-corrected chi connectivity index (χ3v) is 3.30. The van der Waals surface area contributed by atoms with Crippen molar-refractivity contribution in [3.63, 3.8) is 0 Å². The number of rotatable bonds is 6. The van der Waals surface area contributed by atoms with E-state index in [1.54, 1.807) is 0 Å². The summed E-state index contributed by atoms with van der Waals surface area (Å²) in [5.41, 5.74) is 1.29. The molecular formula is C15H25NO. The van der Waals surface area contributed by atoms with Crippen molar-refractivity contribution in [3.8, 4) is 5.75 Å². The molecule has 0 spiro atoms. The first-order valence-corrected chi connectivity index (χ1v) is 6.50. The highest BCUT2D eigenvalue weighted by atomic mass is 16.5. The van der Waals surface area contributed by atoms with Crippen LogP contribution in [-0.2, 0) is 0 Å². The van der Waals surface area contributed by atoms with E-state index < -0.39 is 0 Å². The highest BCUT2D eigenvalue weighted by Crippen LogP contribution is 2.31. The maximum absolute atomic E-state index is 5.70. The van der Waals surface area contributed by atoms with Gasteiger partial charge in [0.2, 0.25) is 0 Å². The largest absolute Gasteiger partial charge is 0.494 e. The van der Waals surface area contributed by atoms with E-state index in [4.69, 9.17) is 4.74 Å². The van der Waals surface area contributed by atoms with E-state index in [1.807, 2.05) is 20.0 Å². The lowest BCUT2D eigenvalue weighted by Crippen LogP contribution is -2.35. The molecular weight excluding hydrogens is 210 g/mol. The van der Waals surface area contributed by atoms with Crippen LogP contribution in [0.15, 0.2) is 24.3 Å². The highest BCUT2D eigenvalue weighted by Gasteiger charge is 2.22. The average Bonchev–Trinajstić information content (AvgIpc) is 2.30. The molecule has 1 aromatic carbocycles. The molecule has 0 heterocycles. The Morgan fingerprint density at radius 2 is 1.82 bits per heavy atom. The van der Waals surface area contributed by atoms with Crippen molar-refractivity contribution in [1.29, 1.82) is 0 Å². The minimum atomic E-state index is 0.447. The second-order valence-corrected chi connectivity index (χ2v) is 4.82. The highest BCUT2D eigenvalue weighted by molar-refractivity contribution is 5.36. The van der Waals surface area contributed by atoms with Crippen LogP contribution in [0.3, 0.4) is 0 Å². The molecule has 2 unspecified atom stereocenters. The van der Waals surface area contributed by atoms with Gasteiger partial charge in [0.25, 0.3) is 0 Å². The van der Waals surface area contributed by atoms with E-state index in [9.17, 15) is 0 Å². The smallest absolute Gasteiger partial charge is 0.122 e. The summed E-state index contributed by atoms with van der Waals surface area (Å²) in [7, 11) is 2.03. The molecule has 0 radical (unpaired) electrons. The van der Waals surface area contributed by atoms with Crippen LogP contribution in [0, 0.1) is 5.92 Å². The Balaban J connectivity index is 2.97. The van der Waals surface area contributed by atoms with Gasteiger partial charge in [0.15, 0.2) is 0 Å². The van der Waals surface area contributed by atoms with Crippen LogP contribution in [-0.4, -0.2) is 19.7 Å². The lowest BCUT2D eigenvalue weighted by molar-refractivity contribution is 0.322. The lowest BCUT2D eigenvalue weighted by Gasteiger charge is -2.28. The Kier molecular flexibility index (Phi) is 5.49. The minimum absolute atomic E-state index is 0.447. The normalized spacial score (nSPS) is 14.7. The summed E-state index contributed by atoms with van der Waals surface area (Å²) < 4.78 is 5.70. The Hall–Kier alpha value is -1.02. The first-order valence-electron chi connectivity index (χ1n) is 6.50. The van der Waals surface area contributed by atoms with E-state index >= 15 is 0 Å². The number of ether oxygens (including phenoxy) is 1. The molecule has 1 rings (SSSR count). The van der Waals surface area contributed by atoms with Crippen molar-refractivity contribution in [2.75, 3.05) is 13.7 Å². The molecule has 17 heavy (non-hydrogen) atoms. The van der Waals surface area contributed by atoms with Crippen LogP contribution in [0.2, 0.25) is 0 Å². The van der Waals surface area contributed by atoms with Gasteiger partial charge in [0.05, 0.1) is 6.61 Å². The predicted molar refractivity (Wildman–Crippen MR) is 73.7 cm³/mol. The molecule has 0 fully saturated rings. The number of benzene rings is 1. The molecule has 2 atom stereocenters. The number of hydrogen-bond donors (Lipinski definition) is 1. The maximum atomic E-state index is 5.70. The van der Waals surface area contributed by atoms with Crippen molar-refractivity contribution in [3.05, 3.63) is 29.8 Å². The molecule has 0 aliphatic heterocycles. The van der Waals surface area contributed by atoms with E-state index in [2.05, 4.69) is 44.3 Å². The zero-order chi connectivity index (χ0) is 12.8. The van der Waals surface area contributed by atoms with E-state index in [0.717, 1.165) is 12.4 Å². The number of likely N-dealkylation sites (N-methyl/N-ethyl adjacent to an activating group) is 1. The van der Waals surface area contributed by atoms with Gasteiger partial charge < -0.3 is 10.1 Å². The van der Waals surface area contributed by atoms with Crippen molar-refractivity contribution in [2.45, 2.75) is 39.7 Å². The molecule has 0 aliphatic carbocycles. The molecule has 2 heteroatoms. The van der Waals surface area contributed by atoms with Gasteiger partial charge in [-0.1, -0.05) is 39.0 Å². The van der Waals surface area contributed by atoms with E-state index in [-0.39, 0.29) is 0 Å². The van der Waals surface area contributed by atoms with Gasteiger partial charge >= 0.3 is 0 Å². The van der Waals surface area contributed by atoms with Crippen molar-refractivity contribution < 1.29 is 4.74 Å². The molecule has 1 N–H and O–H groups in total. The standard InChI is InChI=1S/C15H25NO/c1-6-17-14-10-8-7-9-13(14)12(4)15(16-5)11(2)3/h7-12,15-16H,6H2,1-5H3. The molecule has 0 aliphatic rings. The number of para-hydroxylation sites is 1.